The second-order valence-corrected chi connectivity index (χ2v) is 10.6. The lowest BCUT2D eigenvalue weighted by atomic mass is 9.85. The molecule has 8 nitrogen and oxygen atoms in total. The molecule has 1 spiro atoms. The Hall–Kier alpha value is -4.24. The Labute approximate surface area is 239 Å². The summed E-state index contributed by atoms with van der Waals surface area (Å²) in [5.41, 5.74) is 3.01. The highest BCUT2D eigenvalue weighted by atomic mass is 19.1. The van der Waals surface area contributed by atoms with Crippen molar-refractivity contribution in [3.8, 4) is 0 Å². The summed E-state index contributed by atoms with van der Waals surface area (Å²) in [6, 6.07) is 23.1. The highest BCUT2D eigenvalue weighted by molar-refractivity contribution is 6.00. The molecule has 2 aliphatic heterocycles. The number of piperidine rings is 1. The van der Waals surface area contributed by atoms with Crippen LogP contribution in [0.1, 0.15) is 47.2 Å². The highest BCUT2D eigenvalue weighted by Crippen LogP contribution is 2.40. The Kier molecular flexibility index (Phi) is 8.64. The lowest BCUT2D eigenvalue weighted by Crippen LogP contribution is -2.56. The standard InChI is InChI=1S/C32H35FN4O4/c1-41-34-29(25-12-14-27(33)15-13-25)11-6-18-35-19-16-32(17-20-35)31(40)36(23-37(32)28-9-3-2-4-10-28)22-24-7-5-8-26(21-24)30(38)39/h2-5,7-10,12-15,21H,6,11,16-20,22-23H2,1H3,(H,38,39)/b34-29-. The van der Waals surface area contributed by atoms with Crippen LogP contribution in [0.2, 0.25) is 0 Å². The van der Waals surface area contributed by atoms with E-state index in [0.29, 0.717) is 32.5 Å². The third kappa shape index (κ3) is 6.25. The van der Waals surface area contributed by atoms with Gasteiger partial charge in [0.2, 0.25) is 5.91 Å². The molecule has 214 valence electrons. The van der Waals surface area contributed by atoms with Gasteiger partial charge in [-0.2, -0.15) is 0 Å². The number of carbonyl (C=O) groups is 2. The molecule has 2 fully saturated rings. The van der Waals surface area contributed by atoms with Crippen molar-refractivity contribution in [1.29, 1.82) is 0 Å². The molecule has 3 aromatic carbocycles. The van der Waals surface area contributed by atoms with Crippen LogP contribution in [-0.2, 0) is 16.2 Å². The number of benzene rings is 3. The molecular formula is C32H35FN4O4. The van der Waals surface area contributed by atoms with Crippen LogP contribution in [0.15, 0.2) is 84.0 Å². The van der Waals surface area contributed by atoms with Gasteiger partial charge < -0.3 is 24.6 Å². The average Bonchev–Trinajstić information content (AvgIpc) is 3.25. The number of carbonyl (C=O) groups excluding carboxylic acids is 1. The molecule has 2 saturated heterocycles. The number of rotatable bonds is 10. The summed E-state index contributed by atoms with van der Waals surface area (Å²) in [4.78, 5) is 37.0. The van der Waals surface area contributed by atoms with Crippen LogP contribution in [0.25, 0.3) is 0 Å². The number of hydrogen-bond acceptors (Lipinski definition) is 6. The van der Waals surface area contributed by atoms with Crippen LogP contribution in [-0.4, -0.2) is 71.4 Å². The third-order valence-electron chi connectivity index (χ3n) is 8.08. The van der Waals surface area contributed by atoms with E-state index in [1.807, 2.05) is 41.3 Å². The van der Waals surface area contributed by atoms with Crippen LogP contribution >= 0.6 is 0 Å². The zero-order valence-electron chi connectivity index (χ0n) is 23.2. The molecule has 0 unspecified atom stereocenters. The molecule has 1 amide bonds. The molecule has 0 saturated carbocycles. The summed E-state index contributed by atoms with van der Waals surface area (Å²) >= 11 is 0. The van der Waals surface area contributed by atoms with E-state index in [4.69, 9.17) is 4.84 Å². The maximum Gasteiger partial charge on any atom is 0.335 e. The van der Waals surface area contributed by atoms with Crippen molar-refractivity contribution in [3.05, 3.63) is 101 Å². The minimum absolute atomic E-state index is 0.0903. The van der Waals surface area contributed by atoms with Crippen LogP contribution in [0.4, 0.5) is 10.1 Å². The van der Waals surface area contributed by atoms with Crippen molar-refractivity contribution in [2.75, 3.05) is 38.3 Å². The second-order valence-electron chi connectivity index (χ2n) is 10.6. The molecular weight excluding hydrogens is 523 g/mol. The van der Waals surface area contributed by atoms with Gasteiger partial charge in [-0.1, -0.05) is 47.6 Å². The maximum atomic E-state index is 14.0. The molecule has 9 heteroatoms. The number of nitrogens with zero attached hydrogens (tertiary/aromatic N) is 4. The van der Waals surface area contributed by atoms with Crippen LogP contribution in [0.3, 0.4) is 0 Å². The number of amides is 1. The summed E-state index contributed by atoms with van der Waals surface area (Å²) in [5, 5.41) is 13.6. The number of likely N-dealkylation sites (tertiary alicyclic amines) is 1. The largest absolute Gasteiger partial charge is 0.478 e. The monoisotopic (exact) mass is 558 g/mol. The molecule has 0 bridgehead atoms. The number of hydrogen-bond donors (Lipinski definition) is 1. The number of para-hydroxylation sites is 1. The van der Waals surface area contributed by atoms with Crippen molar-refractivity contribution >= 4 is 23.3 Å². The summed E-state index contributed by atoms with van der Waals surface area (Å²) in [5.74, 6) is -1.17. The van der Waals surface area contributed by atoms with Gasteiger partial charge in [0.15, 0.2) is 0 Å². The molecule has 2 aliphatic rings. The SMILES string of the molecule is CO/N=C(/CCCN1CCC2(CC1)C(=O)N(Cc1cccc(C(=O)O)c1)CN2c1ccccc1)c1ccc(F)cc1. The smallest absolute Gasteiger partial charge is 0.335 e. The lowest BCUT2D eigenvalue weighted by molar-refractivity contribution is -0.134. The van der Waals surface area contributed by atoms with E-state index in [1.54, 1.807) is 30.3 Å². The number of aromatic carboxylic acids is 1. The van der Waals surface area contributed by atoms with Crippen molar-refractivity contribution in [3.63, 3.8) is 0 Å². The van der Waals surface area contributed by atoms with E-state index in [2.05, 4.69) is 15.0 Å². The Morgan fingerprint density at radius 2 is 1.73 bits per heavy atom. The minimum Gasteiger partial charge on any atom is -0.478 e. The highest BCUT2D eigenvalue weighted by Gasteiger charge is 2.53. The number of anilines is 1. The van der Waals surface area contributed by atoms with Gasteiger partial charge in [-0.25, -0.2) is 9.18 Å². The van der Waals surface area contributed by atoms with Crippen molar-refractivity contribution in [2.45, 2.75) is 37.8 Å². The molecule has 0 aromatic heterocycles. The normalized spacial score (nSPS) is 17.3. The average molecular weight is 559 g/mol. The maximum absolute atomic E-state index is 14.0. The molecule has 0 atom stereocenters. The zero-order valence-corrected chi connectivity index (χ0v) is 23.2. The van der Waals surface area contributed by atoms with Gasteiger partial charge >= 0.3 is 5.97 Å². The van der Waals surface area contributed by atoms with Gasteiger partial charge in [-0.15, -0.1) is 0 Å². The first-order valence-corrected chi connectivity index (χ1v) is 13.9. The second kappa shape index (κ2) is 12.5. The Morgan fingerprint density at radius 3 is 2.41 bits per heavy atom. The van der Waals surface area contributed by atoms with Crippen molar-refractivity contribution in [1.82, 2.24) is 9.80 Å². The molecule has 5 rings (SSSR count). The minimum atomic E-state index is -0.979. The number of carboxylic acids is 1. The zero-order chi connectivity index (χ0) is 28.8. The first-order valence-electron chi connectivity index (χ1n) is 13.9. The first kappa shape index (κ1) is 28.3. The Balaban J connectivity index is 1.26. The molecule has 1 N–H and O–H groups in total. The van der Waals surface area contributed by atoms with Gasteiger partial charge in [-0.05, 0) is 79.8 Å². The third-order valence-corrected chi connectivity index (χ3v) is 8.08. The van der Waals surface area contributed by atoms with E-state index in [0.717, 1.165) is 48.6 Å². The molecule has 0 aliphatic carbocycles. The molecule has 0 radical (unpaired) electrons. The topological polar surface area (TPSA) is 85.7 Å². The number of oxime groups is 1. The molecule has 41 heavy (non-hydrogen) atoms. The van der Waals surface area contributed by atoms with E-state index in [1.165, 1.54) is 19.2 Å². The van der Waals surface area contributed by atoms with Gasteiger partial charge in [0.1, 0.15) is 18.5 Å². The van der Waals surface area contributed by atoms with E-state index >= 15 is 0 Å². The number of halogens is 1. The fraction of sp³-hybridized carbons (Fsp3) is 0.344. The van der Waals surface area contributed by atoms with Crippen LogP contribution in [0.5, 0.6) is 0 Å². The summed E-state index contributed by atoms with van der Waals surface area (Å²) in [6.07, 6.45) is 2.95. The van der Waals surface area contributed by atoms with Crippen molar-refractivity contribution in [2.24, 2.45) is 5.16 Å². The summed E-state index contributed by atoms with van der Waals surface area (Å²) < 4.78 is 13.4. The van der Waals surface area contributed by atoms with Crippen LogP contribution < -0.4 is 4.90 Å². The Morgan fingerprint density at radius 1 is 1.00 bits per heavy atom. The van der Waals surface area contributed by atoms with Gasteiger partial charge in [-0.3, -0.25) is 4.79 Å². The first-order chi connectivity index (χ1) is 19.9. The molecule has 3 aromatic rings. The van der Waals surface area contributed by atoms with E-state index in [9.17, 15) is 19.1 Å². The fourth-order valence-corrected chi connectivity index (χ4v) is 5.96. The Bertz CT molecular complexity index is 1390. The molecule has 2 heterocycles. The van der Waals surface area contributed by atoms with Crippen molar-refractivity contribution < 1.29 is 23.9 Å². The van der Waals surface area contributed by atoms with Gasteiger partial charge in [0.25, 0.3) is 0 Å². The summed E-state index contributed by atoms with van der Waals surface area (Å²) in [6.45, 7) is 3.23. The predicted molar refractivity (Wildman–Crippen MR) is 155 cm³/mol. The van der Waals surface area contributed by atoms with E-state index < -0.39 is 11.5 Å². The fourth-order valence-electron chi connectivity index (χ4n) is 5.96. The quantitative estimate of drug-likeness (QED) is 0.279. The van der Waals surface area contributed by atoms with Crippen LogP contribution in [0, 0.1) is 5.82 Å². The van der Waals surface area contributed by atoms with Gasteiger partial charge in [0, 0.05) is 25.3 Å². The predicted octanol–water partition coefficient (Wildman–Crippen LogP) is 5.00. The number of carboxylic acid groups (broad SMARTS) is 1. The summed E-state index contributed by atoms with van der Waals surface area (Å²) in [7, 11) is 1.51. The van der Waals surface area contributed by atoms with Gasteiger partial charge in [0.05, 0.1) is 17.9 Å². The lowest BCUT2D eigenvalue weighted by Gasteiger charge is -2.43. The van der Waals surface area contributed by atoms with E-state index in [-0.39, 0.29) is 17.3 Å².